The maximum Gasteiger partial charge on any atom is 0.334 e. The molecule has 7 amide bonds. The van der Waals surface area contributed by atoms with Gasteiger partial charge < -0.3 is 5.32 Å². The van der Waals surface area contributed by atoms with Gasteiger partial charge in [0.1, 0.15) is 6.54 Å². The number of carbonyl (C=O) groups is 5. The summed E-state index contributed by atoms with van der Waals surface area (Å²) in [4.78, 5) is 61.3. The minimum absolute atomic E-state index is 0.00212. The van der Waals surface area contributed by atoms with Crippen LogP contribution in [0.4, 0.5) is 9.59 Å². The van der Waals surface area contributed by atoms with E-state index in [2.05, 4.69) is 10.6 Å². The van der Waals surface area contributed by atoms with Gasteiger partial charge in [0, 0.05) is 12.6 Å². The van der Waals surface area contributed by atoms with Crippen molar-refractivity contribution >= 4 is 29.8 Å². The number of rotatable bonds is 6. The Balaban J connectivity index is 1.86. The zero-order chi connectivity index (χ0) is 19.3. The highest BCUT2D eigenvalue weighted by Gasteiger charge is 2.44. The molecule has 1 saturated heterocycles. The molecule has 26 heavy (non-hydrogen) atoms. The van der Waals surface area contributed by atoms with E-state index in [9.17, 15) is 24.0 Å². The summed E-state index contributed by atoms with van der Waals surface area (Å²) in [7, 11) is 0. The summed E-state index contributed by atoms with van der Waals surface area (Å²) in [6.45, 7) is 3.42. The molecule has 2 N–H and O–H groups in total. The van der Waals surface area contributed by atoms with Crippen LogP contribution in [0.1, 0.15) is 52.4 Å². The molecule has 2 aliphatic rings. The highest BCUT2D eigenvalue weighted by Crippen LogP contribution is 2.23. The van der Waals surface area contributed by atoms with Crippen molar-refractivity contribution < 1.29 is 24.0 Å². The Morgan fingerprint density at radius 1 is 1.08 bits per heavy atom. The van der Waals surface area contributed by atoms with E-state index < -0.39 is 36.3 Å². The van der Waals surface area contributed by atoms with Crippen LogP contribution in [0.25, 0.3) is 0 Å². The van der Waals surface area contributed by atoms with Crippen LogP contribution in [0.15, 0.2) is 0 Å². The largest absolute Gasteiger partial charge is 0.335 e. The van der Waals surface area contributed by atoms with Crippen LogP contribution in [-0.4, -0.2) is 58.7 Å². The lowest BCUT2D eigenvalue weighted by molar-refractivity contribution is -0.143. The third kappa shape index (κ3) is 4.59. The molecule has 0 aromatic rings. The van der Waals surface area contributed by atoms with Crippen LogP contribution in [0.3, 0.4) is 0 Å². The molecule has 0 bridgehead atoms. The summed E-state index contributed by atoms with van der Waals surface area (Å²) in [6.07, 6.45) is 5.35. The van der Waals surface area contributed by atoms with E-state index in [0.717, 1.165) is 37.0 Å². The molecule has 0 aromatic heterocycles. The van der Waals surface area contributed by atoms with Gasteiger partial charge in [-0.05, 0) is 25.2 Å². The van der Waals surface area contributed by atoms with Gasteiger partial charge in [-0.1, -0.05) is 33.1 Å². The zero-order valence-electron chi connectivity index (χ0n) is 15.2. The van der Waals surface area contributed by atoms with Gasteiger partial charge in [-0.25, -0.2) is 14.5 Å². The van der Waals surface area contributed by atoms with Crippen LogP contribution in [0, 0.1) is 5.92 Å². The van der Waals surface area contributed by atoms with Crippen LogP contribution in [-0.2, 0) is 14.4 Å². The molecular formula is C17H26N4O5. The van der Waals surface area contributed by atoms with Crippen LogP contribution in [0.2, 0.25) is 0 Å². The number of nitrogens with zero attached hydrogens (tertiary/aromatic N) is 2. The smallest absolute Gasteiger partial charge is 0.334 e. The number of amides is 7. The van der Waals surface area contributed by atoms with E-state index in [0.29, 0.717) is 17.2 Å². The summed E-state index contributed by atoms with van der Waals surface area (Å²) < 4.78 is 0. The first-order valence-electron chi connectivity index (χ1n) is 9.12. The second kappa shape index (κ2) is 8.77. The van der Waals surface area contributed by atoms with Gasteiger partial charge in [0.05, 0.1) is 0 Å². The molecule has 9 heteroatoms. The van der Waals surface area contributed by atoms with Crippen LogP contribution >= 0.6 is 0 Å². The average molecular weight is 366 g/mol. The standard InChI is InChI=1S/C17H26N4O5/c1-3-4-9-20-14(23)15(24)21(17(20)26)10-13(22)19-16(25)18-12-8-6-5-7-11(12)2/h11-12H,3-10H2,1-2H3,(H2,18,19,22,25). The third-order valence-corrected chi connectivity index (χ3v) is 4.85. The van der Waals surface area contributed by atoms with E-state index in [-0.39, 0.29) is 12.6 Å². The van der Waals surface area contributed by atoms with E-state index in [1.807, 2.05) is 13.8 Å². The Morgan fingerprint density at radius 2 is 1.73 bits per heavy atom. The minimum Gasteiger partial charge on any atom is -0.335 e. The summed E-state index contributed by atoms with van der Waals surface area (Å²) in [5.41, 5.74) is 0. The maximum absolute atomic E-state index is 12.1. The first kappa shape index (κ1) is 19.9. The average Bonchev–Trinajstić information content (AvgIpc) is 2.79. The van der Waals surface area contributed by atoms with E-state index in [1.165, 1.54) is 0 Å². The predicted octanol–water partition coefficient (Wildman–Crippen LogP) is 0.982. The summed E-state index contributed by atoms with van der Waals surface area (Å²) in [6, 6.07) is -1.47. The predicted molar refractivity (Wildman–Crippen MR) is 91.8 cm³/mol. The van der Waals surface area contributed by atoms with Crippen molar-refractivity contribution in [2.24, 2.45) is 5.92 Å². The van der Waals surface area contributed by atoms with Gasteiger partial charge in [0.2, 0.25) is 5.91 Å². The van der Waals surface area contributed by atoms with Gasteiger partial charge in [-0.15, -0.1) is 0 Å². The molecule has 2 rings (SSSR count). The molecule has 9 nitrogen and oxygen atoms in total. The van der Waals surface area contributed by atoms with Crippen molar-refractivity contribution in [3.05, 3.63) is 0 Å². The maximum atomic E-state index is 12.1. The van der Waals surface area contributed by atoms with Gasteiger partial charge in [-0.3, -0.25) is 24.6 Å². The van der Waals surface area contributed by atoms with E-state index in [4.69, 9.17) is 0 Å². The summed E-state index contributed by atoms with van der Waals surface area (Å²) in [5, 5.41) is 4.88. The topological polar surface area (TPSA) is 116 Å². The number of hydrogen-bond acceptors (Lipinski definition) is 5. The van der Waals surface area contributed by atoms with Crippen molar-refractivity contribution in [2.45, 2.75) is 58.4 Å². The second-order valence-corrected chi connectivity index (χ2v) is 6.87. The normalized spacial score (nSPS) is 23.4. The summed E-state index contributed by atoms with van der Waals surface area (Å²) in [5.74, 6) is -2.45. The molecule has 0 spiro atoms. The molecule has 144 valence electrons. The van der Waals surface area contributed by atoms with Gasteiger partial charge in [-0.2, -0.15) is 0 Å². The molecule has 2 unspecified atom stereocenters. The van der Waals surface area contributed by atoms with Crippen LogP contribution < -0.4 is 10.6 Å². The number of hydrogen-bond donors (Lipinski definition) is 2. The quantitative estimate of drug-likeness (QED) is 0.537. The summed E-state index contributed by atoms with van der Waals surface area (Å²) >= 11 is 0. The van der Waals surface area contributed by atoms with Crippen molar-refractivity contribution in [2.75, 3.05) is 13.1 Å². The van der Waals surface area contributed by atoms with Crippen LogP contribution in [0.5, 0.6) is 0 Å². The zero-order valence-corrected chi connectivity index (χ0v) is 15.2. The Labute approximate surface area is 152 Å². The van der Waals surface area contributed by atoms with Gasteiger partial charge >= 0.3 is 23.9 Å². The molecule has 1 aliphatic carbocycles. The number of carbonyl (C=O) groups excluding carboxylic acids is 5. The van der Waals surface area contributed by atoms with E-state index >= 15 is 0 Å². The van der Waals surface area contributed by atoms with Crippen molar-refractivity contribution in [1.82, 2.24) is 20.4 Å². The first-order valence-corrected chi connectivity index (χ1v) is 9.12. The number of urea groups is 2. The Bertz CT molecular complexity index is 606. The molecule has 0 radical (unpaired) electrons. The van der Waals surface area contributed by atoms with Crippen molar-refractivity contribution in [3.63, 3.8) is 0 Å². The SMILES string of the molecule is CCCCN1C(=O)C(=O)N(CC(=O)NC(=O)NC2CCCCC2C)C1=O. The Morgan fingerprint density at radius 3 is 2.38 bits per heavy atom. The molecule has 2 atom stereocenters. The van der Waals surface area contributed by atoms with Crippen molar-refractivity contribution in [3.8, 4) is 0 Å². The lowest BCUT2D eigenvalue weighted by Gasteiger charge is -2.29. The lowest BCUT2D eigenvalue weighted by Crippen LogP contribution is -2.50. The Hall–Kier alpha value is -2.45. The fourth-order valence-corrected chi connectivity index (χ4v) is 3.25. The van der Waals surface area contributed by atoms with Gasteiger partial charge in [0.15, 0.2) is 0 Å². The molecule has 2 fully saturated rings. The number of imide groups is 3. The highest BCUT2D eigenvalue weighted by atomic mass is 16.2. The molecule has 0 aromatic carbocycles. The molecule has 1 saturated carbocycles. The number of unbranched alkanes of at least 4 members (excludes halogenated alkanes) is 1. The molecular weight excluding hydrogens is 340 g/mol. The fraction of sp³-hybridized carbons (Fsp3) is 0.706. The first-order chi connectivity index (χ1) is 12.3. The highest BCUT2D eigenvalue weighted by molar-refractivity contribution is 6.45. The Kier molecular flexibility index (Phi) is 6.70. The fourth-order valence-electron chi connectivity index (χ4n) is 3.25. The lowest BCUT2D eigenvalue weighted by atomic mass is 9.86. The minimum atomic E-state index is -1.04. The molecule has 1 heterocycles. The van der Waals surface area contributed by atoms with E-state index in [1.54, 1.807) is 0 Å². The number of nitrogens with one attached hydrogen (secondary N) is 2. The monoisotopic (exact) mass is 366 g/mol. The van der Waals surface area contributed by atoms with Gasteiger partial charge in [0.25, 0.3) is 0 Å². The van der Waals surface area contributed by atoms with Crippen molar-refractivity contribution in [1.29, 1.82) is 0 Å². The second-order valence-electron chi connectivity index (χ2n) is 6.87. The third-order valence-electron chi connectivity index (χ3n) is 4.85. The molecule has 1 aliphatic heterocycles.